The summed E-state index contributed by atoms with van der Waals surface area (Å²) in [6, 6.07) is 7.06. The molecular weight excluding hydrogens is 258 g/mol. The van der Waals surface area contributed by atoms with Crippen LogP contribution in [0.4, 0.5) is 0 Å². The van der Waals surface area contributed by atoms with Crippen molar-refractivity contribution in [2.75, 3.05) is 20.3 Å². The van der Waals surface area contributed by atoms with E-state index < -0.39 is 6.04 Å². The summed E-state index contributed by atoms with van der Waals surface area (Å²) in [5.74, 6) is 0.155. The summed E-state index contributed by atoms with van der Waals surface area (Å²) < 4.78 is 10.3. The Labute approximate surface area is 118 Å². The van der Waals surface area contributed by atoms with E-state index in [1.807, 2.05) is 31.2 Å². The first-order valence-corrected chi connectivity index (χ1v) is 6.69. The minimum absolute atomic E-state index is 0.0572. The molecule has 1 heterocycles. The number of ether oxygens (including phenoxy) is 2. The maximum atomic E-state index is 12.2. The quantitative estimate of drug-likeness (QED) is 0.783. The van der Waals surface area contributed by atoms with Crippen molar-refractivity contribution >= 4 is 11.9 Å². The predicted octanol–water partition coefficient (Wildman–Crippen LogP) is 1.54. The van der Waals surface area contributed by atoms with Gasteiger partial charge in [0.05, 0.1) is 7.11 Å². The van der Waals surface area contributed by atoms with Crippen LogP contribution < -0.4 is 4.74 Å². The van der Waals surface area contributed by atoms with Crippen LogP contribution in [0.1, 0.15) is 18.4 Å². The molecule has 20 heavy (non-hydrogen) atoms. The molecule has 1 aromatic rings. The molecule has 0 spiro atoms. The Hall–Kier alpha value is -2.04. The van der Waals surface area contributed by atoms with Crippen molar-refractivity contribution in [1.82, 2.24) is 4.90 Å². The fourth-order valence-electron chi connectivity index (χ4n) is 2.39. The highest BCUT2D eigenvalue weighted by Crippen LogP contribution is 2.20. The molecule has 5 heteroatoms. The zero-order valence-electron chi connectivity index (χ0n) is 11.8. The Morgan fingerprint density at radius 3 is 2.80 bits per heavy atom. The normalized spacial score (nSPS) is 17.9. The molecule has 108 valence electrons. The Bertz CT molecular complexity index is 500. The third kappa shape index (κ3) is 3.10. The van der Waals surface area contributed by atoms with E-state index in [2.05, 4.69) is 0 Å². The van der Waals surface area contributed by atoms with Gasteiger partial charge >= 0.3 is 5.97 Å². The zero-order chi connectivity index (χ0) is 14.5. The Balaban J connectivity index is 1.95. The Kier molecular flexibility index (Phi) is 4.61. The van der Waals surface area contributed by atoms with Crippen molar-refractivity contribution in [3.63, 3.8) is 0 Å². The number of para-hydroxylation sites is 1. The number of hydrogen-bond acceptors (Lipinski definition) is 4. The molecule has 5 nitrogen and oxygen atoms in total. The summed E-state index contributed by atoms with van der Waals surface area (Å²) >= 11 is 0. The minimum atomic E-state index is -0.465. The van der Waals surface area contributed by atoms with Crippen LogP contribution in [0.15, 0.2) is 24.3 Å². The fourth-order valence-corrected chi connectivity index (χ4v) is 2.39. The molecule has 1 aliphatic heterocycles. The molecule has 1 saturated heterocycles. The number of methoxy groups -OCH3 is 1. The van der Waals surface area contributed by atoms with Crippen molar-refractivity contribution in [3.8, 4) is 5.75 Å². The molecular formula is C15H19NO4. The van der Waals surface area contributed by atoms with Gasteiger partial charge in [-0.3, -0.25) is 4.79 Å². The summed E-state index contributed by atoms with van der Waals surface area (Å²) in [5.41, 5.74) is 0.978. The van der Waals surface area contributed by atoms with Gasteiger partial charge in [-0.15, -0.1) is 0 Å². The number of carbonyl (C=O) groups excluding carboxylic acids is 2. The van der Waals surface area contributed by atoms with Gasteiger partial charge in [-0.05, 0) is 31.4 Å². The summed E-state index contributed by atoms with van der Waals surface area (Å²) in [6.45, 7) is 2.45. The van der Waals surface area contributed by atoms with Gasteiger partial charge in [0.1, 0.15) is 11.8 Å². The lowest BCUT2D eigenvalue weighted by atomic mass is 10.2. The lowest BCUT2D eigenvalue weighted by molar-refractivity contribution is -0.151. The van der Waals surface area contributed by atoms with E-state index >= 15 is 0 Å². The number of carbonyl (C=O) groups is 2. The van der Waals surface area contributed by atoms with Crippen LogP contribution in [0.3, 0.4) is 0 Å². The highest BCUT2D eigenvalue weighted by atomic mass is 16.5. The third-order valence-corrected chi connectivity index (χ3v) is 3.49. The SMILES string of the molecule is COC(=O)C1CCCN1C(=O)COc1ccccc1C. The molecule has 1 aliphatic rings. The van der Waals surface area contributed by atoms with Crippen molar-refractivity contribution < 1.29 is 19.1 Å². The van der Waals surface area contributed by atoms with Crippen molar-refractivity contribution in [3.05, 3.63) is 29.8 Å². The summed E-state index contributed by atoms with van der Waals surface area (Å²) in [4.78, 5) is 25.3. The van der Waals surface area contributed by atoms with Crippen LogP contribution in [0.2, 0.25) is 0 Å². The summed E-state index contributed by atoms with van der Waals surface area (Å²) in [6.07, 6.45) is 1.47. The monoisotopic (exact) mass is 277 g/mol. The topological polar surface area (TPSA) is 55.8 Å². The van der Waals surface area contributed by atoms with Crippen molar-refractivity contribution in [2.45, 2.75) is 25.8 Å². The van der Waals surface area contributed by atoms with Crippen LogP contribution in [-0.2, 0) is 14.3 Å². The van der Waals surface area contributed by atoms with Crippen LogP contribution >= 0.6 is 0 Å². The second-order valence-electron chi connectivity index (χ2n) is 4.82. The molecule has 1 aromatic carbocycles. The Morgan fingerprint density at radius 1 is 1.35 bits per heavy atom. The molecule has 1 fully saturated rings. The fraction of sp³-hybridized carbons (Fsp3) is 0.467. The van der Waals surface area contributed by atoms with Gasteiger partial charge in [0, 0.05) is 6.54 Å². The number of hydrogen-bond donors (Lipinski definition) is 0. The van der Waals surface area contributed by atoms with Crippen LogP contribution in [0.5, 0.6) is 5.75 Å². The molecule has 0 N–H and O–H groups in total. The van der Waals surface area contributed by atoms with Gasteiger partial charge < -0.3 is 14.4 Å². The number of benzene rings is 1. The summed E-state index contributed by atoms with van der Waals surface area (Å²) in [7, 11) is 1.34. The maximum absolute atomic E-state index is 12.2. The number of nitrogens with zero attached hydrogens (tertiary/aromatic N) is 1. The predicted molar refractivity (Wildman–Crippen MR) is 73.4 cm³/mol. The second-order valence-corrected chi connectivity index (χ2v) is 4.82. The van der Waals surface area contributed by atoms with E-state index in [-0.39, 0.29) is 18.5 Å². The van der Waals surface area contributed by atoms with Crippen LogP contribution in [0, 0.1) is 6.92 Å². The highest BCUT2D eigenvalue weighted by molar-refractivity contribution is 5.85. The standard InChI is InChI=1S/C15H19NO4/c1-11-6-3-4-8-13(11)20-10-14(17)16-9-5-7-12(16)15(18)19-2/h3-4,6,8,12H,5,7,9-10H2,1-2H3. The number of esters is 1. The molecule has 1 amide bonds. The molecule has 0 aliphatic carbocycles. The van der Waals surface area contributed by atoms with Gasteiger partial charge in [-0.25, -0.2) is 4.79 Å². The molecule has 0 radical (unpaired) electrons. The van der Waals surface area contributed by atoms with E-state index in [0.717, 1.165) is 12.0 Å². The Morgan fingerprint density at radius 2 is 2.10 bits per heavy atom. The number of likely N-dealkylation sites (tertiary alicyclic amines) is 1. The highest BCUT2D eigenvalue weighted by Gasteiger charge is 2.34. The van der Waals surface area contributed by atoms with E-state index in [1.165, 1.54) is 7.11 Å². The summed E-state index contributed by atoms with van der Waals surface area (Å²) in [5, 5.41) is 0. The van der Waals surface area contributed by atoms with E-state index in [0.29, 0.717) is 18.7 Å². The lowest BCUT2D eigenvalue weighted by Crippen LogP contribution is -2.43. The van der Waals surface area contributed by atoms with Crippen LogP contribution in [0.25, 0.3) is 0 Å². The minimum Gasteiger partial charge on any atom is -0.484 e. The molecule has 1 atom stereocenters. The smallest absolute Gasteiger partial charge is 0.328 e. The second kappa shape index (κ2) is 6.41. The van der Waals surface area contributed by atoms with Gasteiger partial charge in [-0.1, -0.05) is 18.2 Å². The van der Waals surface area contributed by atoms with Gasteiger partial charge in [0.2, 0.25) is 0 Å². The average molecular weight is 277 g/mol. The number of rotatable bonds is 4. The van der Waals surface area contributed by atoms with Crippen molar-refractivity contribution in [2.24, 2.45) is 0 Å². The van der Waals surface area contributed by atoms with E-state index in [9.17, 15) is 9.59 Å². The molecule has 0 saturated carbocycles. The van der Waals surface area contributed by atoms with E-state index in [4.69, 9.17) is 9.47 Å². The van der Waals surface area contributed by atoms with Gasteiger partial charge in [0.15, 0.2) is 6.61 Å². The molecule has 1 unspecified atom stereocenters. The third-order valence-electron chi connectivity index (χ3n) is 3.49. The van der Waals surface area contributed by atoms with Gasteiger partial charge in [-0.2, -0.15) is 0 Å². The number of amides is 1. The lowest BCUT2D eigenvalue weighted by Gasteiger charge is -2.22. The molecule has 0 bridgehead atoms. The average Bonchev–Trinajstić information content (AvgIpc) is 2.94. The first kappa shape index (κ1) is 14.4. The van der Waals surface area contributed by atoms with Crippen LogP contribution in [-0.4, -0.2) is 43.1 Å². The molecule has 2 rings (SSSR count). The van der Waals surface area contributed by atoms with Crippen molar-refractivity contribution in [1.29, 1.82) is 0 Å². The molecule has 0 aromatic heterocycles. The first-order valence-electron chi connectivity index (χ1n) is 6.69. The zero-order valence-corrected chi connectivity index (χ0v) is 11.8. The first-order chi connectivity index (χ1) is 9.63. The number of aryl methyl sites for hydroxylation is 1. The largest absolute Gasteiger partial charge is 0.484 e. The maximum Gasteiger partial charge on any atom is 0.328 e. The van der Waals surface area contributed by atoms with Gasteiger partial charge in [0.25, 0.3) is 5.91 Å². The van der Waals surface area contributed by atoms with E-state index in [1.54, 1.807) is 4.90 Å².